The highest BCUT2D eigenvalue weighted by Gasteiger charge is 1.99. The van der Waals surface area contributed by atoms with Gasteiger partial charge in [-0.2, -0.15) is 0 Å². The molecule has 0 saturated carbocycles. The lowest BCUT2D eigenvalue weighted by atomic mass is 10.1. The van der Waals surface area contributed by atoms with Crippen molar-refractivity contribution >= 4 is 15.9 Å². The van der Waals surface area contributed by atoms with Crippen LogP contribution in [0.5, 0.6) is 0 Å². The van der Waals surface area contributed by atoms with E-state index in [1.165, 1.54) is 10.0 Å². The molecule has 0 aliphatic rings. The van der Waals surface area contributed by atoms with Crippen molar-refractivity contribution < 1.29 is 0 Å². The Balaban J connectivity index is 2.50. The summed E-state index contributed by atoms with van der Waals surface area (Å²) in [5.41, 5.74) is 6.82. The van der Waals surface area contributed by atoms with Gasteiger partial charge in [-0.1, -0.05) is 34.1 Å². The van der Waals surface area contributed by atoms with Crippen LogP contribution < -0.4 is 5.73 Å². The smallest absolute Gasteiger partial charge is 0.0452 e. The van der Waals surface area contributed by atoms with Gasteiger partial charge >= 0.3 is 0 Å². The SMILES string of the molecule is CN(CN)CCc1ccccc1Br. The van der Waals surface area contributed by atoms with E-state index in [-0.39, 0.29) is 0 Å². The fraction of sp³-hybridized carbons (Fsp3) is 0.400. The van der Waals surface area contributed by atoms with Crippen molar-refractivity contribution in [2.24, 2.45) is 5.73 Å². The molecule has 0 bridgehead atoms. The maximum atomic E-state index is 5.49. The summed E-state index contributed by atoms with van der Waals surface area (Å²) < 4.78 is 1.18. The Labute approximate surface area is 87.9 Å². The second-order valence-corrected chi connectivity index (χ2v) is 3.96. The summed E-state index contributed by atoms with van der Waals surface area (Å²) in [5, 5.41) is 0. The molecule has 0 radical (unpaired) electrons. The van der Waals surface area contributed by atoms with Gasteiger partial charge in [0, 0.05) is 17.7 Å². The zero-order valence-corrected chi connectivity index (χ0v) is 9.42. The number of likely N-dealkylation sites (N-methyl/N-ethyl adjacent to an activating group) is 1. The van der Waals surface area contributed by atoms with Crippen molar-refractivity contribution in [1.29, 1.82) is 0 Å². The van der Waals surface area contributed by atoms with Gasteiger partial charge in [0.05, 0.1) is 0 Å². The summed E-state index contributed by atoms with van der Waals surface area (Å²) in [6, 6.07) is 8.29. The normalized spacial score (nSPS) is 10.8. The van der Waals surface area contributed by atoms with Crippen LogP contribution in [0.2, 0.25) is 0 Å². The molecule has 2 N–H and O–H groups in total. The van der Waals surface area contributed by atoms with Gasteiger partial charge in [-0.3, -0.25) is 4.90 Å². The van der Waals surface area contributed by atoms with Gasteiger partial charge in [-0.05, 0) is 25.1 Å². The molecule has 1 rings (SSSR count). The largest absolute Gasteiger partial charge is 0.318 e. The first-order valence-corrected chi connectivity index (χ1v) is 5.15. The van der Waals surface area contributed by atoms with E-state index >= 15 is 0 Å². The molecular weight excluding hydrogens is 228 g/mol. The Bertz CT molecular complexity index is 263. The third-order valence-electron chi connectivity index (χ3n) is 2.03. The number of nitrogens with two attached hydrogens (primary N) is 1. The number of hydrogen-bond donors (Lipinski definition) is 1. The summed E-state index contributed by atoms with van der Waals surface area (Å²) in [7, 11) is 2.02. The fourth-order valence-electron chi connectivity index (χ4n) is 1.10. The Kier molecular flexibility index (Phi) is 4.42. The fourth-order valence-corrected chi connectivity index (χ4v) is 1.59. The molecule has 0 amide bonds. The van der Waals surface area contributed by atoms with Crippen LogP contribution in [0.1, 0.15) is 5.56 Å². The Hall–Kier alpha value is -0.380. The van der Waals surface area contributed by atoms with E-state index in [1.54, 1.807) is 0 Å². The van der Waals surface area contributed by atoms with Crippen molar-refractivity contribution in [3.05, 3.63) is 34.3 Å². The van der Waals surface area contributed by atoms with Gasteiger partial charge in [-0.25, -0.2) is 0 Å². The molecule has 0 atom stereocenters. The highest BCUT2D eigenvalue weighted by atomic mass is 79.9. The molecule has 13 heavy (non-hydrogen) atoms. The molecule has 1 aromatic carbocycles. The minimum absolute atomic E-state index is 0.616. The molecule has 3 heteroatoms. The molecule has 0 heterocycles. The third-order valence-corrected chi connectivity index (χ3v) is 2.81. The predicted molar refractivity (Wildman–Crippen MR) is 59.5 cm³/mol. The minimum Gasteiger partial charge on any atom is -0.318 e. The highest BCUT2D eigenvalue weighted by molar-refractivity contribution is 9.10. The Morgan fingerprint density at radius 1 is 1.38 bits per heavy atom. The first kappa shape index (κ1) is 10.7. The van der Waals surface area contributed by atoms with Gasteiger partial charge in [0.1, 0.15) is 0 Å². The lowest BCUT2D eigenvalue weighted by Crippen LogP contribution is -2.27. The molecule has 0 aromatic heterocycles. The first-order chi connectivity index (χ1) is 6.24. The van der Waals surface area contributed by atoms with Crippen LogP contribution in [0.15, 0.2) is 28.7 Å². The predicted octanol–water partition coefficient (Wildman–Crippen LogP) is 1.84. The van der Waals surface area contributed by atoms with Gasteiger partial charge in [0.2, 0.25) is 0 Å². The zero-order chi connectivity index (χ0) is 9.68. The second-order valence-electron chi connectivity index (χ2n) is 3.10. The van der Waals surface area contributed by atoms with Crippen LogP contribution in [-0.4, -0.2) is 25.2 Å². The van der Waals surface area contributed by atoms with Crippen molar-refractivity contribution in [3.8, 4) is 0 Å². The standard InChI is InChI=1S/C10H15BrN2/c1-13(8-12)7-6-9-4-2-3-5-10(9)11/h2-5H,6-8,12H2,1H3. The van der Waals surface area contributed by atoms with Crippen molar-refractivity contribution in [1.82, 2.24) is 4.90 Å². The number of hydrogen-bond acceptors (Lipinski definition) is 2. The van der Waals surface area contributed by atoms with Gasteiger partial charge < -0.3 is 5.73 Å². The van der Waals surface area contributed by atoms with E-state index in [1.807, 2.05) is 13.1 Å². The number of halogens is 1. The summed E-state index contributed by atoms with van der Waals surface area (Å²) >= 11 is 3.52. The van der Waals surface area contributed by atoms with E-state index in [4.69, 9.17) is 5.73 Å². The molecule has 1 aromatic rings. The van der Waals surface area contributed by atoms with Crippen LogP contribution in [0.4, 0.5) is 0 Å². The summed E-state index contributed by atoms with van der Waals surface area (Å²) in [6.45, 7) is 1.61. The summed E-state index contributed by atoms with van der Waals surface area (Å²) in [6.07, 6.45) is 1.04. The molecule has 0 spiro atoms. The van der Waals surface area contributed by atoms with Crippen molar-refractivity contribution in [3.63, 3.8) is 0 Å². The molecule has 0 unspecified atom stereocenters. The second kappa shape index (κ2) is 5.37. The van der Waals surface area contributed by atoms with Gasteiger partial charge in [0.15, 0.2) is 0 Å². The molecule has 0 aliphatic heterocycles. The van der Waals surface area contributed by atoms with Crippen LogP contribution in [-0.2, 0) is 6.42 Å². The monoisotopic (exact) mass is 242 g/mol. The lowest BCUT2D eigenvalue weighted by Gasteiger charge is -2.13. The van der Waals surface area contributed by atoms with Gasteiger partial charge in [-0.15, -0.1) is 0 Å². The van der Waals surface area contributed by atoms with E-state index in [0.717, 1.165) is 13.0 Å². The summed E-state index contributed by atoms with van der Waals surface area (Å²) in [5.74, 6) is 0. The average Bonchev–Trinajstić information content (AvgIpc) is 2.16. The zero-order valence-electron chi connectivity index (χ0n) is 7.83. The molecule has 2 nitrogen and oxygen atoms in total. The van der Waals surface area contributed by atoms with E-state index in [9.17, 15) is 0 Å². The summed E-state index contributed by atoms with van der Waals surface area (Å²) in [4.78, 5) is 2.10. The van der Waals surface area contributed by atoms with Crippen LogP contribution in [0, 0.1) is 0 Å². The third kappa shape index (κ3) is 3.46. The number of nitrogens with zero attached hydrogens (tertiary/aromatic N) is 1. The van der Waals surface area contributed by atoms with Crippen molar-refractivity contribution in [2.45, 2.75) is 6.42 Å². The number of rotatable bonds is 4. The van der Waals surface area contributed by atoms with Crippen LogP contribution >= 0.6 is 15.9 Å². The molecule has 0 saturated heterocycles. The quantitative estimate of drug-likeness (QED) is 0.817. The van der Waals surface area contributed by atoms with Gasteiger partial charge in [0.25, 0.3) is 0 Å². The maximum absolute atomic E-state index is 5.49. The highest BCUT2D eigenvalue weighted by Crippen LogP contribution is 2.16. The molecule has 0 fully saturated rings. The van der Waals surface area contributed by atoms with Crippen LogP contribution in [0.3, 0.4) is 0 Å². The Morgan fingerprint density at radius 2 is 2.08 bits per heavy atom. The van der Waals surface area contributed by atoms with Crippen molar-refractivity contribution in [2.75, 3.05) is 20.3 Å². The number of benzene rings is 1. The average molecular weight is 243 g/mol. The minimum atomic E-state index is 0.616. The molecule has 0 aliphatic carbocycles. The van der Waals surface area contributed by atoms with E-state index in [2.05, 4.69) is 39.0 Å². The topological polar surface area (TPSA) is 29.3 Å². The molecular formula is C10H15BrN2. The maximum Gasteiger partial charge on any atom is 0.0452 e. The molecule has 72 valence electrons. The Morgan fingerprint density at radius 3 is 2.69 bits per heavy atom. The van der Waals surface area contributed by atoms with Crippen LogP contribution in [0.25, 0.3) is 0 Å². The van der Waals surface area contributed by atoms with E-state index in [0.29, 0.717) is 6.67 Å². The first-order valence-electron chi connectivity index (χ1n) is 4.36. The lowest BCUT2D eigenvalue weighted by molar-refractivity contribution is 0.349. The van der Waals surface area contributed by atoms with E-state index < -0.39 is 0 Å².